The molecule has 30 heavy (non-hydrogen) atoms. The van der Waals surface area contributed by atoms with Gasteiger partial charge in [-0.2, -0.15) is 4.98 Å². The van der Waals surface area contributed by atoms with Gasteiger partial charge in [-0.25, -0.2) is 13.8 Å². The highest BCUT2D eigenvalue weighted by molar-refractivity contribution is 6.02. The third-order valence-corrected chi connectivity index (χ3v) is 4.74. The Morgan fingerprint density at radius 2 is 1.87 bits per heavy atom. The van der Waals surface area contributed by atoms with Crippen LogP contribution in [-0.4, -0.2) is 29.2 Å². The number of nitrogens with one attached hydrogen (secondary N) is 1. The molecule has 0 spiro atoms. The molecule has 0 fully saturated rings. The molecule has 150 valence electrons. The second kappa shape index (κ2) is 7.12. The quantitative estimate of drug-likeness (QED) is 0.524. The normalized spacial score (nSPS) is 10.9. The van der Waals surface area contributed by atoms with Gasteiger partial charge >= 0.3 is 0 Å². The lowest BCUT2D eigenvalue weighted by Gasteiger charge is -2.14. The fourth-order valence-corrected chi connectivity index (χ4v) is 3.47. The second-order valence-electron chi connectivity index (χ2n) is 6.56. The van der Waals surface area contributed by atoms with Crippen LogP contribution in [0.15, 0.2) is 29.1 Å². The smallest absolute Gasteiger partial charge is 0.296 e. The van der Waals surface area contributed by atoms with Crippen LogP contribution >= 0.6 is 0 Å². The molecule has 0 bridgehead atoms. The van der Waals surface area contributed by atoms with Gasteiger partial charge in [-0.15, -0.1) is 6.42 Å². The number of benzene rings is 2. The number of aryl methyl sites for hydroxylation is 1. The molecule has 0 unspecified atom stereocenters. The van der Waals surface area contributed by atoms with Gasteiger partial charge in [0.1, 0.15) is 22.4 Å². The van der Waals surface area contributed by atoms with E-state index >= 15 is 4.39 Å². The van der Waals surface area contributed by atoms with Gasteiger partial charge in [0.2, 0.25) is 5.88 Å². The number of pyridine rings is 1. The minimum absolute atomic E-state index is 0.0146. The van der Waals surface area contributed by atoms with Crippen molar-refractivity contribution < 1.29 is 18.3 Å². The van der Waals surface area contributed by atoms with Crippen molar-refractivity contribution in [3.63, 3.8) is 0 Å². The van der Waals surface area contributed by atoms with Crippen molar-refractivity contribution in [2.75, 3.05) is 14.2 Å². The number of terminal acetylenes is 1. The largest absolute Gasteiger partial charge is 0.480 e. The van der Waals surface area contributed by atoms with E-state index in [9.17, 15) is 9.18 Å². The van der Waals surface area contributed by atoms with E-state index in [-0.39, 0.29) is 39.6 Å². The van der Waals surface area contributed by atoms with Gasteiger partial charge in [0, 0.05) is 10.9 Å². The molecule has 2 heterocycles. The molecule has 0 aliphatic carbocycles. The minimum atomic E-state index is -0.880. The van der Waals surface area contributed by atoms with Gasteiger partial charge in [0.15, 0.2) is 5.82 Å². The van der Waals surface area contributed by atoms with Gasteiger partial charge in [-0.3, -0.25) is 9.78 Å². The van der Waals surface area contributed by atoms with E-state index < -0.39 is 17.2 Å². The first-order valence-electron chi connectivity index (χ1n) is 8.81. The predicted molar refractivity (Wildman–Crippen MR) is 109 cm³/mol. The van der Waals surface area contributed by atoms with E-state index in [2.05, 4.69) is 20.9 Å². The third-order valence-electron chi connectivity index (χ3n) is 4.74. The molecule has 0 saturated heterocycles. The van der Waals surface area contributed by atoms with E-state index in [0.29, 0.717) is 10.8 Å². The molecule has 0 amide bonds. The lowest BCUT2D eigenvalue weighted by atomic mass is 9.94. The molecule has 0 aliphatic heterocycles. The van der Waals surface area contributed by atoms with Gasteiger partial charge in [-0.05, 0) is 30.0 Å². The molecule has 1 N–H and O–H groups in total. The van der Waals surface area contributed by atoms with E-state index in [4.69, 9.17) is 15.9 Å². The summed E-state index contributed by atoms with van der Waals surface area (Å²) in [5.41, 5.74) is -0.101. The van der Waals surface area contributed by atoms with Crippen molar-refractivity contribution in [3.05, 3.63) is 57.4 Å². The number of hydrogen-bond acceptors (Lipinski definition) is 5. The summed E-state index contributed by atoms with van der Waals surface area (Å²) in [5, 5.41) is 0.781. The van der Waals surface area contributed by atoms with Crippen LogP contribution in [0.25, 0.3) is 32.9 Å². The van der Waals surface area contributed by atoms with Crippen LogP contribution in [0.2, 0.25) is 0 Å². The van der Waals surface area contributed by atoms with Crippen molar-refractivity contribution in [1.82, 2.24) is 15.0 Å². The van der Waals surface area contributed by atoms with Gasteiger partial charge < -0.3 is 9.47 Å². The van der Waals surface area contributed by atoms with Crippen LogP contribution in [-0.2, 0) is 0 Å². The molecule has 2 aromatic heterocycles. The van der Waals surface area contributed by atoms with Crippen LogP contribution < -0.4 is 15.0 Å². The summed E-state index contributed by atoms with van der Waals surface area (Å²) >= 11 is 0. The van der Waals surface area contributed by atoms with Crippen LogP contribution in [0.5, 0.6) is 11.9 Å². The highest BCUT2D eigenvalue weighted by Crippen LogP contribution is 2.37. The van der Waals surface area contributed by atoms with Crippen molar-refractivity contribution in [2.45, 2.75) is 6.92 Å². The maximum Gasteiger partial charge on any atom is 0.296 e. The van der Waals surface area contributed by atoms with Crippen molar-refractivity contribution >= 4 is 21.7 Å². The molecule has 0 atom stereocenters. The molecular weight excluding hydrogens is 392 g/mol. The maximum absolute atomic E-state index is 15.6. The van der Waals surface area contributed by atoms with Gasteiger partial charge in [0.05, 0.1) is 19.8 Å². The van der Waals surface area contributed by atoms with E-state index in [1.54, 1.807) is 18.2 Å². The third kappa shape index (κ3) is 2.83. The van der Waals surface area contributed by atoms with E-state index in [1.807, 2.05) is 6.92 Å². The lowest BCUT2D eigenvalue weighted by molar-refractivity contribution is 0.378. The van der Waals surface area contributed by atoms with E-state index in [1.165, 1.54) is 20.3 Å². The Kier molecular flexibility index (Phi) is 4.59. The summed E-state index contributed by atoms with van der Waals surface area (Å²) in [4.78, 5) is 23.0. The first-order chi connectivity index (χ1) is 14.4. The fraction of sp³-hybridized carbons (Fsp3) is 0.136. The maximum atomic E-state index is 15.6. The van der Waals surface area contributed by atoms with Gasteiger partial charge in [-0.1, -0.05) is 18.1 Å². The summed E-state index contributed by atoms with van der Waals surface area (Å²) in [6.45, 7) is 1.81. The summed E-state index contributed by atoms with van der Waals surface area (Å²) in [6.07, 6.45) is 5.54. The molecule has 0 radical (unpaired) electrons. The van der Waals surface area contributed by atoms with Crippen molar-refractivity contribution in [2.24, 2.45) is 0 Å². The summed E-state index contributed by atoms with van der Waals surface area (Å²) < 4.78 is 40.2. The van der Waals surface area contributed by atoms with Gasteiger partial charge in [0.25, 0.3) is 11.6 Å². The van der Waals surface area contributed by atoms with Crippen LogP contribution in [0.1, 0.15) is 11.1 Å². The summed E-state index contributed by atoms with van der Waals surface area (Å²) in [6, 6.07) is 6.10. The zero-order valence-corrected chi connectivity index (χ0v) is 16.3. The van der Waals surface area contributed by atoms with Crippen molar-refractivity contribution in [1.29, 1.82) is 0 Å². The summed E-state index contributed by atoms with van der Waals surface area (Å²) in [5.74, 6) is 0.708. The number of H-pyrrole nitrogens is 1. The highest BCUT2D eigenvalue weighted by atomic mass is 19.1. The zero-order valence-electron chi connectivity index (χ0n) is 16.3. The lowest BCUT2D eigenvalue weighted by Crippen LogP contribution is -2.13. The van der Waals surface area contributed by atoms with Crippen LogP contribution in [0, 0.1) is 30.9 Å². The number of rotatable bonds is 3. The topological polar surface area (TPSA) is 77.1 Å². The molecule has 6 nitrogen and oxygen atoms in total. The summed E-state index contributed by atoms with van der Waals surface area (Å²) in [7, 11) is 2.59. The predicted octanol–water partition coefficient (Wildman–Crippen LogP) is 3.72. The minimum Gasteiger partial charge on any atom is -0.480 e. The molecule has 2 aromatic carbocycles. The Morgan fingerprint density at radius 3 is 2.53 bits per heavy atom. The van der Waals surface area contributed by atoms with Crippen molar-refractivity contribution in [3.8, 4) is 35.5 Å². The Bertz CT molecular complexity index is 1440. The number of halogens is 2. The molecule has 4 rings (SSSR count). The Hall–Kier alpha value is -3.99. The average Bonchev–Trinajstić information content (AvgIpc) is 2.73. The number of methoxy groups -OCH3 is 2. The number of ether oxygens (including phenoxy) is 2. The Balaban J connectivity index is 2.22. The SMILES string of the molecule is C#Cc1c(F)ccc2cc(C)cc(-c3nc(OC)c4c(=O)[nH]c(OC)nc4c3F)c12. The average molecular weight is 407 g/mol. The molecule has 4 aromatic rings. The number of aromatic amines is 1. The number of nitrogens with zero attached hydrogens (tertiary/aromatic N) is 2. The highest BCUT2D eigenvalue weighted by Gasteiger charge is 2.23. The second-order valence-corrected chi connectivity index (χ2v) is 6.56. The Labute approximate surface area is 169 Å². The molecule has 0 aliphatic rings. The van der Waals surface area contributed by atoms with Crippen LogP contribution in [0.3, 0.4) is 0 Å². The number of aromatic nitrogens is 3. The number of hydrogen-bond donors (Lipinski definition) is 1. The first-order valence-corrected chi connectivity index (χ1v) is 8.81. The first kappa shape index (κ1) is 19.3. The van der Waals surface area contributed by atoms with E-state index in [0.717, 1.165) is 5.56 Å². The standard InChI is InChI=1S/C22H15F2N3O3/c1-5-12-14(23)7-6-11-8-10(2)9-13(15(11)12)18-17(24)19-16(21(25-18)29-3)20(28)27-22(26-19)30-4/h1,6-9H,2-4H3,(H,26,27,28). The zero-order chi connectivity index (χ0) is 21.6. The molecule has 8 heteroatoms. The molecule has 0 saturated carbocycles. The fourth-order valence-electron chi connectivity index (χ4n) is 3.47. The van der Waals surface area contributed by atoms with Crippen LogP contribution in [0.4, 0.5) is 8.78 Å². The Morgan fingerprint density at radius 1 is 1.10 bits per heavy atom. The molecular formula is C22H15F2N3O3. The number of fused-ring (bicyclic) bond motifs is 2. The monoisotopic (exact) mass is 407 g/mol.